The van der Waals surface area contributed by atoms with Crippen LogP contribution >= 0.6 is 0 Å². The van der Waals surface area contributed by atoms with Gasteiger partial charge in [0.1, 0.15) is 11.5 Å². The highest BCUT2D eigenvalue weighted by molar-refractivity contribution is 6.10. The molecule has 8 nitrogen and oxygen atoms in total. The molecule has 0 aliphatic heterocycles. The van der Waals surface area contributed by atoms with E-state index < -0.39 is 17.7 Å². The molecule has 1 amide bonds. The third kappa shape index (κ3) is 4.83. The van der Waals surface area contributed by atoms with Gasteiger partial charge in [-0.2, -0.15) is 5.10 Å². The van der Waals surface area contributed by atoms with E-state index in [-0.39, 0.29) is 28.5 Å². The monoisotopic (exact) mass is 497 g/mol. The van der Waals surface area contributed by atoms with Crippen LogP contribution in [0.5, 0.6) is 11.5 Å². The minimum atomic E-state index is -0.666. The number of amides is 1. The number of ether oxygens (including phenoxy) is 2. The van der Waals surface area contributed by atoms with Gasteiger partial charge in [-0.05, 0) is 47.5 Å². The fraction of sp³-hybridized carbons (Fsp3) is 0.0357. The lowest BCUT2D eigenvalue weighted by Gasteiger charge is -2.09. The fourth-order valence-corrected chi connectivity index (χ4v) is 3.87. The second kappa shape index (κ2) is 10.2. The van der Waals surface area contributed by atoms with Crippen molar-refractivity contribution < 1.29 is 27.9 Å². The van der Waals surface area contributed by atoms with E-state index in [0.29, 0.717) is 16.5 Å². The topological polar surface area (TPSA) is 106 Å². The van der Waals surface area contributed by atoms with Gasteiger partial charge >= 0.3 is 5.97 Å². The number of hydrazone groups is 1. The standard InChI is InChI=1S/C28H20FN3O5/c1-35-23-15-17(12-13-21(23)37-28(34)22-11-6-14-36-22)16-30-32-27(33)26-24(18-7-3-2-4-8-18)19-9-5-10-20(29)25(19)31-26/h2-16,31H,1H3,(H,32,33). The molecule has 3 aromatic carbocycles. The SMILES string of the molecule is COc1cc(C=NNC(=O)c2[nH]c3c(F)cccc3c2-c2ccccc2)ccc1OC(=O)c1ccco1. The number of methoxy groups -OCH3 is 1. The van der Waals surface area contributed by atoms with Crippen LogP contribution in [0.1, 0.15) is 26.6 Å². The average Bonchev–Trinajstić information content (AvgIpc) is 3.59. The Labute approximate surface area is 210 Å². The summed E-state index contributed by atoms with van der Waals surface area (Å²) >= 11 is 0. The molecule has 0 saturated heterocycles. The van der Waals surface area contributed by atoms with E-state index in [1.165, 1.54) is 37.8 Å². The number of nitrogens with one attached hydrogen (secondary N) is 2. The summed E-state index contributed by atoms with van der Waals surface area (Å²) in [5, 5.41) is 4.62. The molecule has 0 saturated carbocycles. The van der Waals surface area contributed by atoms with Crippen molar-refractivity contribution in [2.45, 2.75) is 0 Å². The van der Waals surface area contributed by atoms with Gasteiger partial charge in [-0.15, -0.1) is 0 Å². The van der Waals surface area contributed by atoms with E-state index in [9.17, 15) is 14.0 Å². The summed E-state index contributed by atoms with van der Waals surface area (Å²) in [6, 6.07) is 21.8. The van der Waals surface area contributed by atoms with E-state index in [4.69, 9.17) is 13.9 Å². The zero-order valence-corrected chi connectivity index (χ0v) is 19.5. The van der Waals surface area contributed by atoms with Gasteiger partial charge in [0.05, 0.1) is 25.1 Å². The molecule has 184 valence electrons. The average molecular weight is 497 g/mol. The molecule has 0 radical (unpaired) electrons. The molecule has 0 unspecified atom stereocenters. The van der Waals surface area contributed by atoms with E-state index in [2.05, 4.69) is 15.5 Å². The number of aromatic amines is 1. The summed E-state index contributed by atoms with van der Waals surface area (Å²) in [5.74, 6) is -1.13. The number of carbonyl (C=O) groups excluding carboxylic acids is 2. The van der Waals surface area contributed by atoms with Crippen molar-refractivity contribution in [1.29, 1.82) is 0 Å². The highest BCUT2D eigenvalue weighted by Crippen LogP contribution is 2.33. The minimum Gasteiger partial charge on any atom is -0.493 e. The molecule has 0 bridgehead atoms. The number of carbonyl (C=O) groups is 2. The largest absolute Gasteiger partial charge is 0.493 e. The van der Waals surface area contributed by atoms with Gasteiger partial charge in [-0.25, -0.2) is 14.6 Å². The summed E-state index contributed by atoms with van der Waals surface area (Å²) in [5.41, 5.74) is 4.81. The third-order valence-corrected chi connectivity index (χ3v) is 5.56. The number of esters is 1. The quantitative estimate of drug-likeness (QED) is 0.133. The third-order valence-electron chi connectivity index (χ3n) is 5.56. The summed E-state index contributed by atoms with van der Waals surface area (Å²) in [6.45, 7) is 0. The van der Waals surface area contributed by atoms with Gasteiger partial charge in [0, 0.05) is 10.9 Å². The number of halogens is 1. The molecule has 2 heterocycles. The number of aromatic nitrogens is 1. The molecule has 0 fully saturated rings. The second-order valence-electron chi connectivity index (χ2n) is 7.88. The Bertz CT molecular complexity index is 1610. The summed E-state index contributed by atoms with van der Waals surface area (Å²) in [7, 11) is 1.43. The minimum absolute atomic E-state index is 0.0575. The molecule has 0 spiro atoms. The molecule has 5 rings (SSSR count). The van der Waals surface area contributed by atoms with E-state index in [0.717, 1.165) is 5.56 Å². The number of para-hydroxylation sites is 1. The van der Waals surface area contributed by atoms with Crippen LogP contribution in [-0.2, 0) is 0 Å². The van der Waals surface area contributed by atoms with Gasteiger partial charge in [-0.1, -0.05) is 42.5 Å². The normalized spacial score (nSPS) is 11.1. The van der Waals surface area contributed by atoms with Crippen molar-refractivity contribution >= 4 is 29.0 Å². The molecule has 0 aliphatic rings. The first-order chi connectivity index (χ1) is 18.0. The van der Waals surface area contributed by atoms with Crippen molar-refractivity contribution in [1.82, 2.24) is 10.4 Å². The number of hydrogen-bond acceptors (Lipinski definition) is 6. The maximum Gasteiger partial charge on any atom is 0.379 e. The Kier molecular flexibility index (Phi) is 6.50. The fourth-order valence-electron chi connectivity index (χ4n) is 3.87. The predicted octanol–water partition coefficient (Wildman–Crippen LogP) is 5.56. The maximum atomic E-state index is 14.5. The van der Waals surface area contributed by atoms with Crippen LogP contribution in [0, 0.1) is 5.82 Å². The van der Waals surface area contributed by atoms with Crippen LogP contribution in [0.3, 0.4) is 0 Å². The maximum absolute atomic E-state index is 14.5. The van der Waals surface area contributed by atoms with Crippen molar-refractivity contribution in [2.24, 2.45) is 5.10 Å². The number of H-pyrrole nitrogens is 1. The highest BCUT2D eigenvalue weighted by Gasteiger charge is 2.20. The number of hydrogen-bond donors (Lipinski definition) is 2. The molecule has 0 atom stereocenters. The van der Waals surface area contributed by atoms with Crippen LogP contribution in [0.4, 0.5) is 4.39 Å². The van der Waals surface area contributed by atoms with E-state index in [1.54, 1.807) is 30.3 Å². The molecule has 2 aromatic heterocycles. The summed E-state index contributed by atoms with van der Waals surface area (Å²) in [4.78, 5) is 28.1. The molecule has 9 heteroatoms. The number of fused-ring (bicyclic) bond motifs is 1. The van der Waals surface area contributed by atoms with Crippen LogP contribution in [-0.4, -0.2) is 30.2 Å². The van der Waals surface area contributed by atoms with Gasteiger partial charge in [-0.3, -0.25) is 4.79 Å². The molecular formula is C28H20FN3O5. The van der Waals surface area contributed by atoms with Crippen LogP contribution in [0.15, 0.2) is 94.6 Å². The molecule has 5 aromatic rings. The number of rotatable bonds is 7. The van der Waals surface area contributed by atoms with Gasteiger partial charge in [0.25, 0.3) is 5.91 Å². The second-order valence-corrected chi connectivity index (χ2v) is 7.88. The Morgan fingerprint density at radius 2 is 1.84 bits per heavy atom. The smallest absolute Gasteiger partial charge is 0.379 e. The Morgan fingerprint density at radius 3 is 2.59 bits per heavy atom. The highest BCUT2D eigenvalue weighted by atomic mass is 19.1. The number of furan rings is 1. The van der Waals surface area contributed by atoms with Crippen molar-refractivity contribution in [2.75, 3.05) is 7.11 Å². The Hall–Kier alpha value is -5.18. The van der Waals surface area contributed by atoms with E-state index >= 15 is 0 Å². The Morgan fingerprint density at radius 1 is 1.00 bits per heavy atom. The first-order valence-electron chi connectivity index (χ1n) is 11.2. The van der Waals surface area contributed by atoms with Gasteiger partial charge in [0.2, 0.25) is 5.76 Å². The lowest BCUT2D eigenvalue weighted by Crippen LogP contribution is -2.18. The van der Waals surface area contributed by atoms with Crippen LogP contribution in [0.25, 0.3) is 22.0 Å². The lowest BCUT2D eigenvalue weighted by atomic mass is 10.0. The predicted molar refractivity (Wildman–Crippen MR) is 135 cm³/mol. The van der Waals surface area contributed by atoms with Crippen molar-refractivity contribution in [3.8, 4) is 22.6 Å². The molecule has 0 aliphatic carbocycles. The van der Waals surface area contributed by atoms with Crippen LogP contribution in [0.2, 0.25) is 0 Å². The molecule has 2 N–H and O–H groups in total. The number of benzene rings is 3. The summed E-state index contributed by atoms with van der Waals surface area (Å²) in [6.07, 6.45) is 2.78. The lowest BCUT2D eigenvalue weighted by molar-refractivity contribution is 0.0696. The zero-order chi connectivity index (χ0) is 25.8. The van der Waals surface area contributed by atoms with Crippen LogP contribution < -0.4 is 14.9 Å². The molecule has 37 heavy (non-hydrogen) atoms. The van der Waals surface area contributed by atoms with Crippen molar-refractivity contribution in [3.63, 3.8) is 0 Å². The first kappa shape index (κ1) is 23.6. The number of nitrogens with zero attached hydrogens (tertiary/aromatic N) is 1. The summed E-state index contributed by atoms with van der Waals surface area (Å²) < 4.78 is 30.1. The Balaban J connectivity index is 1.37. The zero-order valence-electron chi connectivity index (χ0n) is 19.5. The van der Waals surface area contributed by atoms with Gasteiger partial charge in [0.15, 0.2) is 11.5 Å². The van der Waals surface area contributed by atoms with E-state index in [1.807, 2.05) is 30.3 Å². The molecular weight excluding hydrogens is 477 g/mol. The van der Waals surface area contributed by atoms with Gasteiger partial charge < -0.3 is 18.9 Å². The van der Waals surface area contributed by atoms with Crippen molar-refractivity contribution in [3.05, 3.63) is 108 Å². The first-order valence-corrected chi connectivity index (χ1v) is 11.2.